The summed E-state index contributed by atoms with van der Waals surface area (Å²) in [6, 6.07) is 5.56. The molecule has 0 N–H and O–H groups in total. The van der Waals surface area contributed by atoms with Crippen molar-refractivity contribution in [2.75, 3.05) is 14.2 Å². The first-order valence-electron chi connectivity index (χ1n) is 8.04. The predicted molar refractivity (Wildman–Crippen MR) is 88.9 cm³/mol. The Morgan fingerprint density at radius 1 is 1.18 bits per heavy atom. The fourth-order valence-electron chi connectivity index (χ4n) is 3.05. The Morgan fingerprint density at radius 3 is 2.36 bits per heavy atom. The normalized spacial score (nSPS) is 17.2. The van der Waals surface area contributed by atoms with Gasteiger partial charge in [-0.3, -0.25) is 0 Å². The smallest absolute Gasteiger partial charge is 0.246 e. The molecule has 0 heterocycles. The van der Waals surface area contributed by atoms with Crippen molar-refractivity contribution in [3.63, 3.8) is 0 Å². The molecule has 1 aromatic rings. The molecule has 0 unspecified atom stereocenters. The van der Waals surface area contributed by atoms with Gasteiger partial charge in [0.1, 0.15) is 10.6 Å². The molecule has 1 aliphatic rings. The Hall–Kier alpha value is -1.07. The molecule has 1 saturated carbocycles. The number of ether oxygens (including phenoxy) is 1. The van der Waals surface area contributed by atoms with Crippen LogP contribution in [-0.2, 0) is 10.0 Å². The molecule has 0 radical (unpaired) electrons. The minimum absolute atomic E-state index is 0.103. The van der Waals surface area contributed by atoms with Gasteiger partial charge in [0.2, 0.25) is 10.0 Å². The molecule has 5 heteroatoms. The van der Waals surface area contributed by atoms with Crippen LogP contribution in [0.5, 0.6) is 5.75 Å². The Balaban J connectivity index is 2.40. The van der Waals surface area contributed by atoms with Crippen LogP contribution in [0.2, 0.25) is 0 Å². The van der Waals surface area contributed by atoms with Crippen molar-refractivity contribution in [2.24, 2.45) is 0 Å². The molecular formula is C17H27NO3S. The van der Waals surface area contributed by atoms with Crippen molar-refractivity contribution in [3.8, 4) is 5.75 Å². The predicted octanol–water partition coefficient (Wildman–Crippen LogP) is 3.77. The third-order valence-corrected chi connectivity index (χ3v) is 6.53. The zero-order valence-electron chi connectivity index (χ0n) is 14.0. The summed E-state index contributed by atoms with van der Waals surface area (Å²) >= 11 is 0. The molecule has 0 amide bonds. The third-order valence-electron chi connectivity index (χ3n) is 4.60. The average Bonchev–Trinajstić information content (AvgIpc) is 2.54. The maximum atomic E-state index is 13.0. The number of benzene rings is 1. The molecule has 0 atom stereocenters. The fraction of sp³-hybridized carbons (Fsp3) is 0.647. The first-order valence-corrected chi connectivity index (χ1v) is 9.48. The van der Waals surface area contributed by atoms with E-state index in [-0.39, 0.29) is 16.9 Å². The van der Waals surface area contributed by atoms with E-state index in [0.29, 0.717) is 5.75 Å². The van der Waals surface area contributed by atoms with Crippen LogP contribution in [0, 0.1) is 0 Å². The maximum Gasteiger partial charge on any atom is 0.246 e. The second-order valence-corrected chi connectivity index (χ2v) is 8.34. The highest BCUT2D eigenvalue weighted by Crippen LogP contribution is 2.32. The number of hydrogen-bond acceptors (Lipinski definition) is 3. The van der Waals surface area contributed by atoms with E-state index < -0.39 is 10.0 Å². The van der Waals surface area contributed by atoms with E-state index in [9.17, 15) is 8.42 Å². The maximum absolute atomic E-state index is 13.0. The molecule has 0 aliphatic heterocycles. The second kappa shape index (κ2) is 7.01. The molecule has 22 heavy (non-hydrogen) atoms. The van der Waals surface area contributed by atoms with Gasteiger partial charge in [-0.05, 0) is 36.5 Å². The lowest BCUT2D eigenvalue weighted by Crippen LogP contribution is -2.38. The molecule has 0 bridgehead atoms. The molecule has 1 aromatic carbocycles. The highest BCUT2D eigenvalue weighted by atomic mass is 32.2. The zero-order valence-corrected chi connectivity index (χ0v) is 14.8. The molecule has 0 spiro atoms. The summed E-state index contributed by atoms with van der Waals surface area (Å²) in [6.07, 6.45) is 5.31. The molecular weight excluding hydrogens is 298 g/mol. The summed E-state index contributed by atoms with van der Waals surface area (Å²) in [5.41, 5.74) is 1.01. The highest BCUT2D eigenvalue weighted by Gasteiger charge is 2.31. The van der Waals surface area contributed by atoms with Gasteiger partial charge >= 0.3 is 0 Å². The molecule has 1 aliphatic carbocycles. The number of sulfonamides is 1. The van der Waals surface area contributed by atoms with Crippen LogP contribution in [0.4, 0.5) is 0 Å². The quantitative estimate of drug-likeness (QED) is 0.828. The van der Waals surface area contributed by atoms with Gasteiger partial charge in [-0.2, -0.15) is 4.31 Å². The first-order chi connectivity index (χ1) is 10.4. The molecule has 2 rings (SSSR count). The van der Waals surface area contributed by atoms with E-state index in [1.165, 1.54) is 13.5 Å². The topological polar surface area (TPSA) is 46.6 Å². The minimum atomic E-state index is -3.53. The van der Waals surface area contributed by atoms with Crippen LogP contribution >= 0.6 is 0 Å². The van der Waals surface area contributed by atoms with Crippen molar-refractivity contribution in [1.82, 2.24) is 4.31 Å². The Morgan fingerprint density at radius 2 is 1.82 bits per heavy atom. The Bertz CT molecular complexity index is 604. The number of hydrogen-bond donors (Lipinski definition) is 0. The highest BCUT2D eigenvalue weighted by molar-refractivity contribution is 7.89. The fourth-order valence-corrected chi connectivity index (χ4v) is 4.65. The second-order valence-electron chi connectivity index (χ2n) is 6.38. The van der Waals surface area contributed by atoms with Gasteiger partial charge in [-0.1, -0.05) is 39.2 Å². The summed E-state index contributed by atoms with van der Waals surface area (Å²) in [6.45, 7) is 4.12. The van der Waals surface area contributed by atoms with Crippen molar-refractivity contribution >= 4 is 10.0 Å². The number of rotatable bonds is 5. The van der Waals surface area contributed by atoms with Gasteiger partial charge in [0.05, 0.1) is 7.11 Å². The van der Waals surface area contributed by atoms with Gasteiger partial charge < -0.3 is 4.74 Å². The first kappa shape index (κ1) is 17.3. The summed E-state index contributed by atoms with van der Waals surface area (Å²) in [5, 5.41) is 0. The third kappa shape index (κ3) is 3.46. The van der Waals surface area contributed by atoms with E-state index in [1.54, 1.807) is 23.5 Å². The molecule has 0 saturated heterocycles. The number of methoxy groups -OCH3 is 1. The Labute approximate surface area is 134 Å². The van der Waals surface area contributed by atoms with Crippen molar-refractivity contribution in [2.45, 2.75) is 62.8 Å². The molecule has 0 aromatic heterocycles. The lowest BCUT2D eigenvalue weighted by Gasteiger charge is -2.31. The molecule has 1 fully saturated rings. The van der Waals surface area contributed by atoms with E-state index in [2.05, 4.69) is 13.8 Å². The van der Waals surface area contributed by atoms with Crippen molar-refractivity contribution < 1.29 is 13.2 Å². The van der Waals surface area contributed by atoms with Crippen LogP contribution in [0.15, 0.2) is 23.1 Å². The average molecular weight is 325 g/mol. The van der Waals surface area contributed by atoms with E-state index in [0.717, 1.165) is 31.2 Å². The summed E-state index contributed by atoms with van der Waals surface area (Å²) < 4.78 is 32.9. The van der Waals surface area contributed by atoms with E-state index >= 15 is 0 Å². The Kier molecular flexibility index (Phi) is 5.50. The SMILES string of the molecule is COc1ccc(C(C)C)cc1S(=O)(=O)N(C)C1CCCCC1. The van der Waals surface area contributed by atoms with Crippen LogP contribution < -0.4 is 4.74 Å². The lowest BCUT2D eigenvalue weighted by molar-refractivity contribution is 0.284. The lowest BCUT2D eigenvalue weighted by atomic mass is 9.96. The van der Waals surface area contributed by atoms with Crippen LogP contribution in [-0.4, -0.2) is 32.9 Å². The summed E-state index contributed by atoms with van der Waals surface area (Å²) in [4.78, 5) is 0.286. The van der Waals surface area contributed by atoms with Crippen LogP contribution in [0.3, 0.4) is 0 Å². The zero-order chi connectivity index (χ0) is 16.3. The van der Waals surface area contributed by atoms with Gasteiger partial charge in [-0.15, -0.1) is 0 Å². The monoisotopic (exact) mass is 325 g/mol. The van der Waals surface area contributed by atoms with Crippen molar-refractivity contribution in [1.29, 1.82) is 0 Å². The number of nitrogens with zero attached hydrogens (tertiary/aromatic N) is 1. The van der Waals surface area contributed by atoms with Gasteiger partial charge in [0.15, 0.2) is 0 Å². The molecule has 124 valence electrons. The van der Waals surface area contributed by atoms with Crippen molar-refractivity contribution in [3.05, 3.63) is 23.8 Å². The van der Waals surface area contributed by atoms with E-state index in [4.69, 9.17) is 4.74 Å². The largest absolute Gasteiger partial charge is 0.495 e. The summed E-state index contributed by atoms with van der Waals surface area (Å²) in [5.74, 6) is 0.701. The van der Waals surface area contributed by atoms with Crippen LogP contribution in [0.1, 0.15) is 57.4 Å². The van der Waals surface area contributed by atoms with Gasteiger partial charge in [0.25, 0.3) is 0 Å². The molecule has 4 nitrogen and oxygen atoms in total. The van der Waals surface area contributed by atoms with Gasteiger partial charge in [0, 0.05) is 13.1 Å². The van der Waals surface area contributed by atoms with Gasteiger partial charge in [-0.25, -0.2) is 8.42 Å². The van der Waals surface area contributed by atoms with E-state index in [1.807, 2.05) is 6.07 Å². The minimum Gasteiger partial charge on any atom is -0.495 e. The summed E-state index contributed by atoms with van der Waals surface area (Å²) in [7, 11) is -0.310. The standard InChI is InChI=1S/C17H27NO3S/c1-13(2)14-10-11-16(21-4)17(12-14)22(19,20)18(3)15-8-6-5-7-9-15/h10-13,15H,5-9H2,1-4H3. The van der Waals surface area contributed by atoms with Crippen LogP contribution in [0.25, 0.3) is 0 Å².